The largest absolute Gasteiger partial charge is 0.343 e. The average Bonchev–Trinajstić information content (AvgIpc) is 3.04. The van der Waals surface area contributed by atoms with E-state index in [1.165, 1.54) is 38.5 Å². The van der Waals surface area contributed by atoms with Crippen molar-refractivity contribution in [3.05, 3.63) is 0 Å². The molecule has 2 unspecified atom stereocenters. The highest BCUT2D eigenvalue weighted by Gasteiger charge is 2.40. The van der Waals surface area contributed by atoms with E-state index in [0.29, 0.717) is 11.9 Å². The lowest BCUT2D eigenvalue weighted by atomic mass is 9.97. The Morgan fingerprint density at radius 1 is 1.15 bits per heavy atom. The van der Waals surface area contributed by atoms with Crippen LogP contribution in [0.25, 0.3) is 0 Å². The number of nitrogens with zero attached hydrogens (tertiary/aromatic N) is 2. The summed E-state index contributed by atoms with van der Waals surface area (Å²) in [7, 11) is 0. The van der Waals surface area contributed by atoms with Crippen LogP contribution in [0.1, 0.15) is 51.9 Å². The van der Waals surface area contributed by atoms with Gasteiger partial charge in [0.1, 0.15) is 0 Å². The Morgan fingerprint density at radius 3 is 2.40 bits per heavy atom. The highest BCUT2D eigenvalue weighted by atomic mass is 16.2. The number of hydrogen-bond acceptors (Lipinski definition) is 3. The van der Waals surface area contributed by atoms with Gasteiger partial charge >= 0.3 is 0 Å². The van der Waals surface area contributed by atoms with E-state index >= 15 is 0 Å². The fraction of sp³-hybridized carbons (Fsp3) is 0.938. The van der Waals surface area contributed by atoms with E-state index in [1.54, 1.807) is 0 Å². The van der Waals surface area contributed by atoms with Crippen molar-refractivity contribution >= 4 is 5.91 Å². The standard InChI is InChI=1S/C16H29N3O/c1-2-17-13-11-14-5-6-15(12-13)19(14)10-7-16(20)18-8-3-4-9-18/h13-15,17H,2-12H2,1H3. The third kappa shape index (κ3) is 3.01. The molecule has 4 heteroatoms. The van der Waals surface area contributed by atoms with Crippen molar-refractivity contribution in [2.24, 2.45) is 0 Å². The SMILES string of the molecule is CCNC1CC2CCC(C1)N2CCC(=O)N1CCCC1. The molecule has 3 aliphatic heterocycles. The number of hydrogen-bond donors (Lipinski definition) is 1. The molecule has 4 nitrogen and oxygen atoms in total. The molecule has 1 N–H and O–H groups in total. The highest BCUT2D eigenvalue weighted by molar-refractivity contribution is 5.76. The van der Waals surface area contributed by atoms with Gasteiger partial charge in [-0.3, -0.25) is 9.69 Å². The molecule has 1 amide bonds. The lowest BCUT2D eigenvalue weighted by Gasteiger charge is -2.39. The maximum absolute atomic E-state index is 12.2. The minimum Gasteiger partial charge on any atom is -0.343 e. The highest BCUT2D eigenvalue weighted by Crippen LogP contribution is 2.35. The smallest absolute Gasteiger partial charge is 0.223 e. The molecule has 20 heavy (non-hydrogen) atoms. The topological polar surface area (TPSA) is 35.6 Å². The Balaban J connectivity index is 1.48. The zero-order chi connectivity index (χ0) is 13.9. The van der Waals surface area contributed by atoms with E-state index in [-0.39, 0.29) is 0 Å². The Labute approximate surface area is 122 Å². The van der Waals surface area contributed by atoms with Crippen molar-refractivity contribution in [2.45, 2.75) is 70.0 Å². The van der Waals surface area contributed by atoms with E-state index in [4.69, 9.17) is 0 Å². The van der Waals surface area contributed by atoms with Crippen molar-refractivity contribution in [3.8, 4) is 0 Å². The second-order valence-electron chi connectivity index (χ2n) is 6.69. The molecule has 3 aliphatic rings. The number of carbonyl (C=O) groups is 1. The van der Waals surface area contributed by atoms with E-state index in [0.717, 1.165) is 44.7 Å². The van der Waals surface area contributed by atoms with Crippen LogP contribution in [0.2, 0.25) is 0 Å². The van der Waals surface area contributed by atoms with Gasteiger partial charge in [0.15, 0.2) is 0 Å². The number of amides is 1. The van der Waals surface area contributed by atoms with Crippen LogP contribution in [0.15, 0.2) is 0 Å². The minimum absolute atomic E-state index is 0.385. The molecule has 0 aromatic rings. The van der Waals surface area contributed by atoms with Gasteiger partial charge < -0.3 is 10.2 Å². The second-order valence-corrected chi connectivity index (χ2v) is 6.69. The van der Waals surface area contributed by atoms with E-state index < -0.39 is 0 Å². The molecule has 3 saturated heterocycles. The summed E-state index contributed by atoms with van der Waals surface area (Å²) >= 11 is 0. The van der Waals surface area contributed by atoms with Gasteiger partial charge in [-0.25, -0.2) is 0 Å². The van der Waals surface area contributed by atoms with Gasteiger partial charge in [0.2, 0.25) is 5.91 Å². The summed E-state index contributed by atoms with van der Waals surface area (Å²) in [6, 6.07) is 2.16. The molecule has 114 valence electrons. The second kappa shape index (κ2) is 6.44. The van der Waals surface area contributed by atoms with Crippen LogP contribution in [0.3, 0.4) is 0 Å². The first kappa shape index (κ1) is 14.3. The normalized spacial score (nSPS) is 33.9. The number of piperidine rings is 1. The van der Waals surface area contributed by atoms with Crippen LogP contribution in [0.5, 0.6) is 0 Å². The van der Waals surface area contributed by atoms with Crippen LogP contribution in [0, 0.1) is 0 Å². The summed E-state index contributed by atoms with van der Waals surface area (Å²) < 4.78 is 0. The zero-order valence-corrected chi connectivity index (χ0v) is 12.8. The summed E-state index contributed by atoms with van der Waals surface area (Å²) in [5.74, 6) is 0.385. The zero-order valence-electron chi connectivity index (χ0n) is 12.8. The van der Waals surface area contributed by atoms with Crippen LogP contribution in [0.4, 0.5) is 0 Å². The lowest BCUT2D eigenvalue weighted by molar-refractivity contribution is -0.130. The summed E-state index contributed by atoms with van der Waals surface area (Å²) in [5.41, 5.74) is 0. The van der Waals surface area contributed by atoms with Crippen molar-refractivity contribution in [1.29, 1.82) is 0 Å². The van der Waals surface area contributed by atoms with Crippen molar-refractivity contribution in [1.82, 2.24) is 15.1 Å². The van der Waals surface area contributed by atoms with Gasteiger partial charge in [-0.1, -0.05) is 6.92 Å². The fourth-order valence-electron chi connectivity index (χ4n) is 4.44. The predicted octanol–water partition coefficient (Wildman–Crippen LogP) is 1.60. The van der Waals surface area contributed by atoms with E-state index in [2.05, 4.69) is 22.0 Å². The van der Waals surface area contributed by atoms with Gasteiger partial charge in [0.25, 0.3) is 0 Å². The molecule has 2 bridgehead atoms. The Hall–Kier alpha value is -0.610. The molecule has 3 fully saturated rings. The first-order valence-electron chi connectivity index (χ1n) is 8.55. The number of nitrogens with one attached hydrogen (secondary N) is 1. The maximum Gasteiger partial charge on any atom is 0.223 e. The number of rotatable bonds is 5. The van der Waals surface area contributed by atoms with Crippen LogP contribution in [-0.2, 0) is 4.79 Å². The summed E-state index contributed by atoms with van der Waals surface area (Å²) in [6.07, 6.45) is 8.37. The van der Waals surface area contributed by atoms with Crippen LogP contribution in [-0.4, -0.2) is 60.0 Å². The monoisotopic (exact) mass is 279 g/mol. The maximum atomic E-state index is 12.2. The molecule has 0 aliphatic carbocycles. The van der Waals surface area contributed by atoms with Crippen LogP contribution >= 0.6 is 0 Å². The fourth-order valence-corrected chi connectivity index (χ4v) is 4.44. The quantitative estimate of drug-likeness (QED) is 0.830. The first-order chi connectivity index (χ1) is 9.78. The Kier molecular flexibility index (Phi) is 4.61. The molecular formula is C16H29N3O. The predicted molar refractivity (Wildman–Crippen MR) is 80.6 cm³/mol. The molecule has 0 aromatic heterocycles. The molecule has 3 heterocycles. The molecule has 0 spiro atoms. The first-order valence-corrected chi connectivity index (χ1v) is 8.55. The summed E-state index contributed by atoms with van der Waals surface area (Å²) in [6.45, 7) is 6.26. The van der Waals surface area contributed by atoms with Gasteiger partial charge in [-0.05, 0) is 45.1 Å². The van der Waals surface area contributed by atoms with E-state index in [1.807, 2.05) is 0 Å². The van der Waals surface area contributed by atoms with Crippen LogP contribution < -0.4 is 5.32 Å². The molecule has 0 radical (unpaired) electrons. The number of fused-ring (bicyclic) bond motifs is 2. The van der Waals surface area contributed by atoms with E-state index in [9.17, 15) is 4.79 Å². The minimum atomic E-state index is 0.385. The van der Waals surface area contributed by atoms with Gasteiger partial charge in [-0.2, -0.15) is 0 Å². The van der Waals surface area contributed by atoms with Gasteiger partial charge in [-0.15, -0.1) is 0 Å². The van der Waals surface area contributed by atoms with Gasteiger partial charge in [0, 0.05) is 44.2 Å². The Morgan fingerprint density at radius 2 is 1.80 bits per heavy atom. The lowest BCUT2D eigenvalue weighted by Crippen LogP contribution is -2.49. The summed E-state index contributed by atoms with van der Waals surface area (Å²) in [5, 5.41) is 3.61. The third-order valence-electron chi connectivity index (χ3n) is 5.42. The average molecular weight is 279 g/mol. The molecule has 0 saturated carbocycles. The van der Waals surface area contributed by atoms with Gasteiger partial charge in [0.05, 0.1) is 0 Å². The molecule has 2 atom stereocenters. The third-order valence-corrected chi connectivity index (χ3v) is 5.42. The van der Waals surface area contributed by atoms with Crippen molar-refractivity contribution in [2.75, 3.05) is 26.2 Å². The number of likely N-dealkylation sites (tertiary alicyclic amines) is 1. The molecule has 3 rings (SSSR count). The molecule has 0 aromatic carbocycles. The molecular weight excluding hydrogens is 250 g/mol. The summed E-state index contributed by atoms with van der Waals surface area (Å²) in [4.78, 5) is 16.9. The Bertz CT molecular complexity index is 327. The number of carbonyl (C=O) groups excluding carboxylic acids is 1. The van der Waals surface area contributed by atoms with Crippen molar-refractivity contribution in [3.63, 3.8) is 0 Å². The van der Waals surface area contributed by atoms with Crippen molar-refractivity contribution < 1.29 is 4.79 Å².